The van der Waals surface area contributed by atoms with E-state index in [2.05, 4.69) is 38.4 Å². The van der Waals surface area contributed by atoms with Crippen LogP contribution in [0.25, 0.3) is 11.7 Å². The summed E-state index contributed by atoms with van der Waals surface area (Å²) in [6.07, 6.45) is 0.889. The van der Waals surface area contributed by atoms with Crippen molar-refractivity contribution in [2.45, 2.75) is 19.4 Å². The van der Waals surface area contributed by atoms with E-state index in [1.165, 1.54) is 0 Å². The van der Waals surface area contributed by atoms with Crippen molar-refractivity contribution < 1.29 is 8.83 Å². The molecule has 0 fully saturated rings. The lowest BCUT2D eigenvalue weighted by Crippen LogP contribution is -2.15. The summed E-state index contributed by atoms with van der Waals surface area (Å²) >= 11 is 3.22. The van der Waals surface area contributed by atoms with Crippen LogP contribution in [-0.4, -0.2) is 17.2 Å². The maximum Gasteiger partial charge on any atom is 0.283 e. The van der Waals surface area contributed by atoms with Gasteiger partial charge in [-0.1, -0.05) is 6.92 Å². The van der Waals surface area contributed by atoms with E-state index >= 15 is 0 Å². The van der Waals surface area contributed by atoms with Crippen LogP contribution < -0.4 is 5.32 Å². The van der Waals surface area contributed by atoms with Gasteiger partial charge in [0.1, 0.15) is 0 Å². The highest BCUT2D eigenvalue weighted by molar-refractivity contribution is 9.10. The molecule has 2 aromatic rings. The Morgan fingerprint density at radius 2 is 2.19 bits per heavy atom. The Hall–Kier alpha value is -1.14. The van der Waals surface area contributed by atoms with Gasteiger partial charge in [-0.3, -0.25) is 0 Å². The molecule has 0 aliphatic heterocycles. The average molecular weight is 286 g/mol. The van der Waals surface area contributed by atoms with Crippen LogP contribution in [0.5, 0.6) is 0 Å². The maximum absolute atomic E-state index is 5.53. The molecule has 0 aromatic carbocycles. The second-order valence-electron chi connectivity index (χ2n) is 3.30. The molecule has 0 amide bonds. The predicted octanol–water partition coefficient (Wildman–Crippen LogP) is 2.76. The van der Waals surface area contributed by atoms with Crippen molar-refractivity contribution in [3.05, 3.63) is 22.7 Å². The van der Waals surface area contributed by atoms with Crippen LogP contribution in [0, 0.1) is 0 Å². The summed E-state index contributed by atoms with van der Waals surface area (Å²) in [7, 11) is 1.86. The fraction of sp³-hybridized carbons (Fsp3) is 0.400. The molecule has 86 valence electrons. The van der Waals surface area contributed by atoms with Crippen LogP contribution in [0.4, 0.5) is 0 Å². The van der Waals surface area contributed by atoms with Gasteiger partial charge >= 0.3 is 0 Å². The van der Waals surface area contributed by atoms with Gasteiger partial charge in [-0.15, -0.1) is 10.2 Å². The van der Waals surface area contributed by atoms with Gasteiger partial charge in [0, 0.05) is 0 Å². The molecule has 5 nitrogen and oxygen atoms in total. The largest absolute Gasteiger partial charge is 0.444 e. The number of hydrogen-bond donors (Lipinski definition) is 1. The molecular formula is C10H12BrN3O2. The quantitative estimate of drug-likeness (QED) is 0.936. The van der Waals surface area contributed by atoms with Gasteiger partial charge in [0.05, 0.1) is 6.04 Å². The van der Waals surface area contributed by atoms with Gasteiger partial charge in [-0.2, -0.15) is 0 Å². The Morgan fingerprint density at radius 1 is 1.38 bits per heavy atom. The SMILES string of the molecule is CCC(NC)c1nnc(-c2ccc(Br)o2)o1. The molecule has 0 aliphatic rings. The Balaban J connectivity index is 2.25. The molecule has 0 aliphatic carbocycles. The van der Waals surface area contributed by atoms with E-state index in [1.54, 1.807) is 12.1 Å². The molecule has 2 rings (SSSR count). The zero-order valence-electron chi connectivity index (χ0n) is 9.03. The van der Waals surface area contributed by atoms with Crippen molar-refractivity contribution in [2.75, 3.05) is 7.05 Å². The molecule has 1 unspecified atom stereocenters. The molecule has 1 N–H and O–H groups in total. The van der Waals surface area contributed by atoms with Crippen molar-refractivity contribution in [1.82, 2.24) is 15.5 Å². The third-order valence-electron chi connectivity index (χ3n) is 2.28. The van der Waals surface area contributed by atoms with Crippen molar-refractivity contribution in [3.8, 4) is 11.7 Å². The first-order valence-corrected chi connectivity index (χ1v) is 5.80. The van der Waals surface area contributed by atoms with Gasteiger partial charge in [-0.25, -0.2) is 0 Å². The van der Waals surface area contributed by atoms with Crippen molar-refractivity contribution in [2.24, 2.45) is 0 Å². The number of hydrogen-bond acceptors (Lipinski definition) is 5. The van der Waals surface area contributed by atoms with Gasteiger partial charge in [0.2, 0.25) is 5.89 Å². The maximum atomic E-state index is 5.53. The van der Waals surface area contributed by atoms with E-state index in [0.29, 0.717) is 22.2 Å². The first-order valence-electron chi connectivity index (χ1n) is 5.01. The number of rotatable bonds is 4. The topological polar surface area (TPSA) is 64.1 Å². The fourth-order valence-electron chi connectivity index (χ4n) is 1.41. The first kappa shape index (κ1) is 11.3. The summed E-state index contributed by atoms with van der Waals surface area (Å²) in [4.78, 5) is 0. The van der Waals surface area contributed by atoms with Crippen molar-refractivity contribution >= 4 is 15.9 Å². The van der Waals surface area contributed by atoms with E-state index < -0.39 is 0 Å². The first-order chi connectivity index (χ1) is 7.74. The van der Waals surface area contributed by atoms with Crippen LogP contribution in [0.3, 0.4) is 0 Å². The monoisotopic (exact) mass is 285 g/mol. The number of halogens is 1. The second-order valence-corrected chi connectivity index (χ2v) is 4.08. The van der Waals surface area contributed by atoms with Gasteiger partial charge in [0.25, 0.3) is 5.89 Å². The molecule has 6 heteroatoms. The molecule has 16 heavy (non-hydrogen) atoms. The number of nitrogens with zero attached hydrogens (tertiary/aromatic N) is 2. The minimum atomic E-state index is 0.0830. The zero-order chi connectivity index (χ0) is 11.5. The molecule has 0 saturated heterocycles. The molecule has 2 heterocycles. The summed E-state index contributed by atoms with van der Waals surface area (Å²) in [6.45, 7) is 2.05. The van der Waals surface area contributed by atoms with Crippen LogP contribution >= 0.6 is 15.9 Å². The Morgan fingerprint density at radius 3 is 2.75 bits per heavy atom. The Labute approximate surface area is 101 Å². The summed E-state index contributed by atoms with van der Waals surface area (Å²) in [5.74, 6) is 1.54. The summed E-state index contributed by atoms with van der Waals surface area (Å²) in [5.41, 5.74) is 0. The smallest absolute Gasteiger partial charge is 0.283 e. The molecule has 0 radical (unpaired) electrons. The van der Waals surface area contributed by atoms with Crippen molar-refractivity contribution in [1.29, 1.82) is 0 Å². The molecule has 0 saturated carbocycles. The highest BCUT2D eigenvalue weighted by atomic mass is 79.9. The highest BCUT2D eigenvalue weighted by Gasteiger charge is 2.17. The minimum Gasteiger partial charge on any atom is -0.444 e. The molecule has 0 spiro atoms. The standard InChI is InChI=1S/C10H12BrN3O2/c1-3-6(12-2)9-13-14-10(16-9)7-4-5-8(11)15-7/h4-6,12H,3H2,1-2H3. The number of nitrogens with one attached hydrogen (secondary N) is 1. The minimum absolute atomic E-state index is 0.0830. The van der Waals surface area contributed by atoms with Gasteiger partial charge in [0.15, 0.2) is 10.4 Å². The molecule has 2 aromatic heterocycles. The van der Waals surface area contributed by atoms with E-state index in [1.807, 2.05) is 7.05 Å². The summed E-state index contributed by atoms with van der Waals surface area (Å²) in [5, 5.41) is 11.0. The zero-order valence-corrected chi connectivity index (χ0v) is 10.6. The lowest BCUT2D eigenvalue weighted by atomic mass is 10.2. The van der Waals surface area contributed by atoms with E-state index in [0.717, 1.165) is 6.42 Å². The van der Waals surface area contributed by atoms with Gasteiger partial charge < -0.3 is 14.2 Å². The van der Waals surface area contributed by atoms with Crippen LogP contribution in [-0.2, 0) is 0 Å². The van der Waals surface area contributed by atoms with E-state index in [4.69, 9.17) is 8.83 Å². The normalized spacial score (nSPS) is 12.9. The number of aromatic nitrogens is 2. The average Bonchev–Trinajstić information content (AvgIpc) is 2.89. The fourth-order valence-corrected chi connectivity index (χ4v) is 1.71. The Bertz CT molecular complexity index is 462. The third-order valence-corrected chi connectivity index (χ3v) is 2.71. The molecule has 0 bridgehead atoms. The Kier molecular flexibility index (Phi) is 3.40. The highest BCUT2D eigenvalue weighted by Crippen LogP contribution is 2.25. The lowest BCUT2D eigenvalue weighted by Gasteiger charge is -2.06. The summed E-state index contributed by atoms with van der Waals surface area (Å²) < 4.78 is 11.5. The molecule has 1 atom stereocenters. The van der Waals surface area contributed by atoms with E-state index in [-0.39, 0.29) is 6.04 Å². The lowest BCUT2D eigenvalue weighted by molar-refractivity contribution is 0.407. The van der Waals surface area contributed by atoms with Crippen molar-refractivity contribution in [3.63, 3.8) is 0 Å². The molecular weight excluding hydrogens is 274 g/mol. The summed E-state index contributed by atoms with van der Waals surface area (Å²) in [6, 6.07) is 3.65. The number of furan rings is 1. The second kappa shape index (κ2) is 4.80. The van der Waals surface area contributed by atoms with Crippen LogP contribution in [0.2, 0.25) is 0 Å². The third kappa shape index (κ3) is 2.17. The van der Waals surface area contributed by atoms with E-state index in [9.17, 15) is 0 Å². The van der Waals surface area contributed by atoms with Crippen LogP contribution in [0.1, 0.15) is 25.3 Å². The van der Waals surface area contributed by atoms with Crippen LogP contribution in [0.15, 0.2) is 25.6 Å². The van der Waals surface area contributed by atoms with Gasteiger partial charge in [-0.05, 0) is 41.5 Å². The predicted molar refractivity (Wildman–Crippen MR) is 61.8 cm³/mol.